The summed E-state index contributed by atoms with van der Waals surface area (Å²) in [4.78, 5) is 34.1. The van der Waals surface area contributed by atoms with E-state index in [0.717, 1.165) is 18.3 Å². The van der Waals surface area contributed by atoms with E-state index in [-0.39, 0.29) is 16.7 Å². The fraction of sp³-hybridized carbons (Fsp3) is 0.286. The molecular weight excluding hydrogens is 446 g/mol. The maximum absolute atomic E-state index is 12.6. The second-order valence-electron chi connectivity index (χ2n) is 7.85. The van der Waals surface area contributed by atoms with Crippen molar-refractivity contribution in [2.24, 2.45) is 5.92 Å². The Hall–Kier alpha value is -3.80. The number of carbonyl (C=O) groups is 2. The highest BCUT2D eigenvalue weighted by molar-refractivity contribution is 7.90. The summed E-state index contributed by atoms with van der Waals surface area (Å²) < 4.78 is 27.7. The molecule has 0 radical (unpaired) electrons. The van der Waals surface area contributed by atoms with Crippen molar-refractivity contribution in [2.75, 3.05) is 23.3 Å². The molecule has 2 amide bonds. The fourth-order valence-corrected chi connectivity index (χ4v) is 4.52. The third-order valence-electron chi connectivity index (χ3n) is 5.15. The molecule has 4 rings (SSSR count). The Bertz CT molecular complexity index is 1310. The highest BCUT2D eigenvalue weighted by atomic mass is 32.2. The average Bonchev–Trinajstić information content (AvgIpc) is 3.04. The number of amides is 2. The van der Waals surface area contributed by atoms with Crippen LogP contribution in [-0.2, 0) is 19.6 Å². The van der Waals surface area contributed by atoms with Gasteiger partial charge in [0.05, 0.1) is 16.5 Å². The molecule has 0 bridgehead atoms. The Balaban J connectivity index is 1.36. The van der Waals surface area contributed by atoms with Crippen LogP contribution in [0.3, 0.4) is 0 Å². The zero-order valence-corrected chi connectivity index (χ0v) is 19.1. The van der Waals surface area contributed by atoms with Crippen molar-refractivity contribution in [1.29, 1.82) is 0 Å². The van der Waals surface area contributed by atoms with E-state index in [1.165, 1.54) is 30.6 Å². The van der Waals surface area contributed by atoms with Gasteiger partial charge in [0.25, 0.3) is 10.0 Å². The quantitative estimate of drug-likeness (QED) is 0.549. The van der Waals surface area contributed by atoms with E-state index in [9.17, 15) is 18.0 Å². The first-order valence-electron chi connectivity index (χ1n) is 10.2. The second kappa shape index (κ2) is 8.62. The fourth-order valence-electron chi connectivity index (χ4n) is 3.53. The normalized spacial score (nSPS) is 14.0. The average molecular weight is 470 g/mol. The Morgan fingerprint density at radius 1 is 1.03 bits per heavy atom. The van der Waals surface area contributed by atoms with Gasteiger partial charge in [-0.15, -0.1) is 0 Å². The summed E-state index contributed by atoms with van der Waals surface area (Å²) in [5.41, 5.74) is 2.33. The molecule has 33 heavy (non-hydrogen) atoms. The first kappa shape index (κ1) is 22.4. The number of hydrogen-bond donors (Lipinski definition) is 2. The molecule has 0 atom stereocenters. The number of rotatable bonds is 6. The van der Waals surface area contributed by atoms with Gasteiger partial charge < -0.3 is 10.2 Å². The maximum atomic E-state index is 12.6. The van der Waals surface area contributed by atoms with E-state index >= 15 is 0 Å². The molecule has 0 unspecified atom stereocenters. The lowest BCUT2D eigenvalue weighted by Crippen LogP contribution is -2.52. The molecule has 2 aromatic heterocycles. The molecule has 172 valence electrons. The number of benzene rings is 1. The lowest BCUT2D eigenvalue weighted by Gasteiger charge is -2.39. The van der Waals surface area contributed by atoms with Crippen molar-refractivity contribution in [3.63, 3.8) is 0 Å². The van der Waals surface area contributed by atoms with Crippen LogP contribution in [0.15, 0.2) is 47.6 Å². The highest BCUT2D eigenvalue weighted by Gasteiger charge is 2.34. The number of nitrogens with one attached hydrogen (secondary N) is 2. The Morgan fingerprint density at radius 3 is 2.30 bits per heavy atom. The summed E-state index contributed by atoms with van der Waals surface area (Å²) >= 11 is 0. The molecule has 0 spiro atoms. The van der Waals surface area contributed by atoms with E-state index in [2.05, 4.69) is 20.4 Å². The molecule has 0 saturated carbocycles. The second-order valence-corrected chi connectivity index (χ2v) is 9.53. The van der Waals surface area contributed by atoms with Crippen LogP contribution < -0.4 is 14.9 Å². The number of carbonyl (C=O) groups excluding carboxylic acids is 2. The minimum absolute atomic E-state index is 0.0623. The first-order valence-corrected chi connectivity index (χ1v) is 11.7. The summed E-state index contributed by atoms with van der Waals surface area (Å²) in [5.74, 6) is 0.293. The van der Waals surface area contributed by atoms with Crippen molar-refractivity contribution >= 4 is 33.3 Å². The van der Waals surface area contributed by atoms with Gasteiger partial charge in [-0.1, -0.05) is 0 Å². The van der Waals surface area contributed by atoms with Gasteiger partial charge in [0, 0.05) is 37.5 Å². The van der Waals surface area contributed by atoms with Gasteiger partial charge in [0.15, 0.2) is 5.82 Å². The van der Waals surface area contributed by atoms with Crippen molar-refractivity contribution in [3.05, 3.63) is 54.1 Å². The molecule has 1 saturated heterocycles. The minimum Gasteiger partial charge on any atom is -0.355 e. The van der Waals surface area contributed by atoms with Crippen molar-refractivity contribution < 1.29 is 18.0 Å². The SMILES string of the molecule is CC(=O)NS(=O)(=O)c1ccc(NC(=O)C2CN(c3cc(-n4nc(C)cc4C)ncn3)C2)cc1. The number of sulfonamides is 1. The van der Waals surface area contributed by atoms with Gasteiger partial charge in [-0.3, -0.25) is 9.59 Å². The van der Waals surface area contributed by atoms with Gasteiger partial charge in [-0.25, -0.2) is 27.8 Å². The van der Waals surface area contributed by atoms with E-state index in [1.54, 1.807) is 4.68 Å². The zero-order valence-electron chi connectivity index (χ0n) is 18.3. The summed E-state index contributed by atoms with van der Waals surface area (Å²) in [6.07, 6.45) is 1.48. The Labute approximate surface area is 190 Å². The van der Waals surface area contributed by atoms with Gasteiger partial charge >= 0.3 is 0 Å². The largest absolute Gasteiger partial charge is 0.355 e. The lowest BCUT2D eigenvalue weighted by atomic mass is 9.99. The minimum atomic E-state index is -3.91. The van der Waals surface area contributed by atoms with Gasteiger partial charge in [-0.2, -0.15) is 5.10 Å². The van der Waals surface area contributed by atoms with Gasteiger partial charge in [0.1, 0.15) is 12.1 Å². The molecule has 1 fully saturated rings. The summed E-state index contributed by atoms with van der Waals surface area (Å²) in [6, 6.07) is 9.42. The van der Waals surface area contributed by atoms with E-state index in [0.29, 0.717) is 30.4 Å². The molecule has 12 heteroatoms. The van der Waals surface area contributed by atoms with Crippen LogP contribution in [0.25, 0.3) is 5.82 Å². The number of anilines is 2. The molecule has 1 aliphatic rings. The molecule has 3 aromatic rings. The maximum Gasteiger partial charge on any atom is 0.264 e. The number of aromatic nitrogens is 4. The molecular formula is C21H23N7O4S. The van der Waals surface area contributed by atoms with Crippen LogP contribution in [0.5, 0.6) is 0 Å². The third-order valence-corrected chi connectivity index (χ3v) is 6.60. The lowest BCUT2D eigenvalue weighted by molar-refractivity contribution is -0.120. The standard InChI is InChI=1S/C21H23N7O4S/c1-13-8-14(2)28(25-13)20-9-19(22-12-23-20)27-10-16(11-27)21(30)24-17-4-6-18(7-5-17)33(31,32)26-15(3)29/h4-9,12,16H,10-11H2,1-3H3,(H,24,30)(H,26,29). The zero-order chi connectivity index (χ0) is 23.8. The number of hydrogen-bond acceptors (Lipinski definition) is 8. The number of nitrogens with zero attached hydrogens (tertiary/aromatic N) is 5. The van der Waals surface area contributed by atoms with Gasteiger partial charge in [0.2, 0.25) is 11.8 Å². The summed E-state index contributed by atoms with van der Waals surface area (Å²) in [6.45, 7) is 5.98. The molecule has 11 nitrogen and oxygen atoms in total. The smallest absolute Gasteiger partial charge is 0.264 e. The summed E-state index contributed by atoms with van der Waals surface area (Å²) in [7, 11) is -3.91. The molecule has 3 heterocycles. The third kappa shape index (κ3) is 4.85. The highest BCUT2D eigenvalue weighted by Crippen LogP contribution is 2.25. The van der Waals surface area contributed by atoms with Crippen LogP contribution in [0.1, 0.15) is 18.3 Å². The van der Waals surface area contributed by atoms with Crippen LogP contribution in [0, 0.1) is 19.8 Å². The van der Waals surface area contributed by atoms with Crippen molar-refractivity contribution in [3.8, 4) is 5.82 Å². The first-order chi connectivity index (χ1) is 15.6. The predicted molar refractivity (Wildman–Crippen MR) is 120 cm³/mol. The van der Waals surface area contributed by atoms with E-state index in [1.807, 2.05) is 35.6 Å². The monoisotopic (exact) mass is 469 g/mol. The van der Waals surface area contributed by atoms with Crippen molar-refractivity contribution in [1.82, 2.24) is 24.5 Å². The molecule has 0 aliphatic carbocycles. The van der Waals surface area contributed by atoms with Crippen LogP contribution >= 0.6 is 0 Å². The van der Waals surface area contributed by atoms with Crippen LogP contribution in [0.2, 0.25) is 0 Å². The van der Waals surface area contributed by atoms with Crippen LogP contribution in [0.4, 0.5) is 11.5 Å². The molecule has 2 N–H and O–H groups in total. The van der Waals surface area contributed by atoms with Crippen molar-refractivity contribution in [2.45, 2.75) is 25.7 Å². The Kier molecular flexibility index (Phi) is 5.85. The van der Waals surface area contributed by atoms with Crippen LogP contribution in [-0.4, -0.2) is 53.1 Å². The predicted octanol–water partition coefficient (Wildman–Crippen LogP) is 1.18. The molecule has 1 aromatic carbocycles. The Morgan fingerprint density at radius 2 is 1.70 bits per heavy atom. The van der Waals surface area contributed by atoms with E-state index < -0.39 is 15.9 Å². The van der Waals surface area contributed by atoms with Gasteiger partial charge in [-0.05, 0) is 44.2 Å². The topological polar surface area (TPSA) is 139 Å². The summed E-state index contributed by atoms with van der Waals surface area (Å²) in [5, 5.41) is 7.22. The number of aryl methyl sites for hydroxylation is 2. The molecule has 1 aliphatic heterocycles. The van der Waals surface area contributed by atoms with E-state index in [4.69, 9.17) is 0 Å².